The van der Waals surface area contributed by atoms with Crippen molar-refractivity contribution in [3.63, 3.8) is 0 Å². The molecule has 3 rings (SSSR count). The number of aromatic nitrogens is 3. The fraction of sp³-hybridized carbons (Fsp3) is 0.500. The Morgan fingerprint density at radius 2 is 2.10 bits per heavy atom. The smallest absolute Gasteiger partial charge is 0.131 e. The van der Waals surface area contributed by atoms with Gasteiger partial charge in [0, 0.05) is 30.4 Å². The summed E-state index contributed by atoms with van der Waals surface area (Å²) in [6.07, 6.45) is 8.77. The third-order valence-corrected chi connectivity index (χ3v) is 4.37. The molecule has 2 aromatic rings. The van der Waals surface area contributed by atoms with Gasteiger partial charge >= 0.3 is 0 Å². The van der Waals surface area contributed by atoms with Crippen LogP contribution in [0, 0.1) is 6.92 Å². The predicted molar refractivity (Wildman–Crippen MR) is 81.5 cm³/mol. The van der Waals surface area contributed by atoms with E-state index in [9.17, 15) is 0 Å². The van der Waals surface area contributed by atoms with Gasteiger partial charge in [-0.1, -0.05) is 12.8 Å². The summed E-state index contributed by atoms with van der Waals surface area (Å²) >= 11 is 0. The highest BCUT2D eigenvalue weighted by molar-refractivity contribution is 5.73. The number of rotatable bonds is 3. The molecule has 0 saturated heterocycles. The van der Waals surface area contributed by atoms with Crippen molar-refractivity contribution < 1.29 is 0 Å². The Morgan fingerprint density at radius 1 is 1.35 bits per heavy atom. The number of aryl methyl sites for hydroxylation is 1. The van der Waals surface area contributed by atoms with Crippen molar-refractivity contribution >= 4 is 5.82 Å². The molecule has 4 heteroatoms. The van der Waals surface area contributed by atoms with Gasteiger partial charge in [-0.25, -0.2) is 4.98 Å². The van der Waals surface area contributed by atoms with Crippen molar-refractivity contribution in [2.45, 2.75) is 52.0 Å². The van der Waals surface area contributed by atoms with Gasteiger partial charge in [0.2, 0.25) is 0 Å². The fourth-order valence-corrected chi connectivity index (χ4v) is 3.22. The number of anilines is 1. The van der Waals surface area contributed by atoms with E-state index in [1.54, 1.807) is 0 Å². The minimum Gasteiger partial charge on any atom is -0.383 e. The van der Waals surface area contributed by atoms with E-state index in [0.717, 1.165) is 23.6 Å². The van der Waals surface area contributed by atoms with Crippen LogP contribution in [-0.4, -0.2) is 14.5 Å². The second kappa shape index (κ2) is 5.27. The molecule has 2 heterocycles. The molecule has 0 amide bonds. The first kappa shape index (κ1) is 13.2. The third kappa shape index (κ3) is 2.09. The SMILES string of the molecule is CCn1c(C2CCCC2)nc(-c2cnccc2C)c1N. The number of hydrogen-bond acceptors (Lipinski definition) is 3. The molecule has 0 bridgehead atoms. The molecule has 0 radical (unpaired) electrons. The summed E-state index contributed by atoms with van der Waals surface area (Å²) in [6, 6.07) is 2.01. The molecule has 0 unspecified atom stereocenters. The minimum atomic E-state index is 0.572. The Kier molecular flexibility index (Phi) is 3.47. The lowest BCUT2D eigenvalue weighted by Gasteiger charge is -2.11. The zero-order chi connectivity index (χ0) is 14.1. The lowest BCUT2D eigenvalue weighted by atomic mass is 10.1. The molecule has 0 aromatic carbocycles. The second-order valence-electron chi connectivity index (χ2n) is 5.62. The van der Waals surface area contributed by atoms with Crippen molar-refractivity contribution in [3.05, 3.63) is 29.8 Å². The summed E-state index contributed by atoms with van der Waals surface area (Å²) in [5.74, 6) is 2.52. The molecule has 1 aliphatic carbocycles. The van der Waals surface area contributed by atoms with Crippen LogP contribution in [0.15, 0.2) is 18.5 Å². The van der Waals surface area contributed by atoms with E-state index in [1.807, 2.05) is 18.5 Å². The molecule has 1 fully saturated rings. The largest absolute Gasteiger partial charge is 0.383 e. The first-order valence-electron chi connectivity index (χ1n) is 7.49. The average Bonchev–Trinajstić information content (AvgIpc) is 3.07. The van der Waals surface area contributed by atoms with E-state index in [2.05, 4.69) is 23.4 Å². The maximum atomic E-state index is 6.36. The molecule has 0 aliphatic heterocycles. The molecular formula is C16H22N4. The zero-order valence-electron chi connectivity index (χ0n) is 12.3. The van der Waals surface area contributed by atoms with Crippen LogP contribution >= 0.6 is 0 Å². The first-order chi connectivity index (χ1) is 9.72. The number of nitrogens with two attached hydrogens (primary N) is 1. The maximum Gasteiger partial charge on any atom is 0.131 e. The normalized spacial score (nSPS) is 15.9. The van der Waals surface area contributed by atoms with Gasteiger partial charge in [-0.2, -0.15) is 0 Å². The molecule has 1 saturated carbocycles. The first-order valence-corrected chi connectivity index (χ1v) is 7.49. The summed E-state index contributed by atoms with van der Waals surface area (Å²) in [5, 5.41) is 0. The lowest BCUT2D eigenvalue weighted by Crippen LogP contribution is -2.08. The second-order valence-corrected chi connectivity index (χ2v) is 5.62. The van der Waals surface area contributed by atoms with Crippen molar-refractivity contribution in [2.24, 2.45) is 0 Å². The summed E-state index contributed by atoms with van der Waals surface area (Å²) < 4.78 is 2.18. The zero-order valence-corrected chi connectivity index (χ0v) is 12.3. The average molecular weight is 270 g/mol. The van der Waals surface area contributed by atoms with Crippen LogP contribution in [0.25, 0.3) is 11.3 Å². The van der Waals surface area contributed by atoms with E-state index in [1.165, 1.54) is 37.1 Å². The Hall–Kier alpha value is -1.84. The molecule has 20 heavy (non-hydrogen) atoms. The van der Waals surface area contributed by atoms with Gasteiger partial charge < -0.3 is 10.3 Å². The number of imidazole rings is 1. The van der Waals surface area contributed by atoms with E-state index in [-0.39, 0.29) is 0 Å². The van der Waals surface area contributed by atoms with E-state index in [4.69, 9.17) is 10.7 Å². The predicted octanol–water partition coefficient (Wildman–Crippen LogP) is 3.51. The maximum absolute atomic E-state index is 6.36. The molecule has 106 valence electrons. The van der Waals surface area contributed by atoms with Gasteiger partial charge in [-0.05, 0) is 38.3 Å². The Morgan fingerprint density at radius 3 is 2.75 bits per heavy atom. The van der Waals surface area contributed by atoms with Crippen LogP contribution in [0.2, 0.25) is 0 Å². The van der Waals surface area contributed by atoms with E-state index in [0.29, 0.717) is 5.92 Å². The molecule has 1 aliphatic rings. The Labute approximate surface area is 120 Å². The van der Waals surface area contributed by atoms with Gasteiger partial charge in [0.05, 0.1) is 0 Å². The Balaban J connectivity index is 2.11. The van der Waals surface area contributed by atoms with Crippen molar-refractivity contribution in [2.75, 3.05) is 5.73 Å². The van der Waals surface area contributed by atoms with Crippen LogP contribution in [0.1, 0.15) is 49.9 Å². The van der Waals surface area contributed by atoms with Crippen LogP contribution in [0.3, 0.4) is 0 Å². The highest BCUT2D eigenvalue weighted by Gasteiger charge is 2.25. The number of hydrogen-bond donors (Lipinski definition) is 1. The highest BCUT2D eigenvalue weighted by Crippen LogP contribution is 2.37. The number of nitrogen functional groups attached to an aromatic ring is 1. The van der Waals surface area contributed by atoms with Gasteiger partial charge in [0.1, 0.15) is 17.3 Å². The third-order valence-electron chi connectivity index (χ3n) is 4.37. The molecule has 2 aromatic heterocycles. The molecule has 4 nitrogen and oxygen atoms in total. The molecule has 0 spiro atoms. The van der Waals surface area contributed by atoms with Crippen LogP contribution in [0.4, 0.5) is 5.82 Å². The fourth-order valence-electron chi connectivity index (χ4n) is 3.22. The molecule has 0 atom stereocenters. The lowest BCUT2D eigenvalue weighted by molar-refractivity contribution is 0.604. The standard InChI is InChI=1S/C16H22N4/c1-3-20-15(17)14(13-10-18-9-8-11(13)2)19-16(20)12-6-4-5-7-12/h8-10,12H,3-7,17H2,1-2H3. The van der Waals surface area contributed by atoms with Gasteiger partial charge in [-0.3, -0.25) is 4.98 Å². The topological polar surface area (TPSA) is 56.7 Å². The summed E-state index contributed by atoms with van der Waals surface area (Å²) in [4.78, 5) is 9.11. The summed E-state index contributed by atoms with van der Waals surface area (Å²) in [6.45, 7) is 5.09. The summed E-state index contributed by atoms with van der Waals surface area (Å²) in [5.41, 5.74) is 9.48. The summed E-state index contributed by atoms with van der Waals surface area (Å²) in [7, 11) is 0. The highest BCUT2D eigenvalue weighted by atomic mass is 15.1. The van der Waals surface area contributed by atoms with Crippen LogP contribution < -0.4 is 5.73 Å². The quantitative estimate of drug-likeness (QED) is 0.928. The molecular weight excluding hydrogens is 248 g/mol. The monoisotopic (exact) mass is 270 g/mol. The van der Waals surface area contributed by atoms with Crippen LogP contribution in [0.5, 0.6) is 0 Å². The van der Waals surface area contributed by atoms with Gasteiger partial charge in [0.15, 0.2) is 0 Å². The van der Waals surface area contributed by atoms with Crippen molar-refractivity contribution in [3.8, 4) is 11.3 Å². The van der Waals surface area contributed by atoms with E-state index >= 15 is 0 Å². The minimum absolute atomic E-state index is 0.572. The van der Waals surface area contributed by atoms with Crippen molar-refractivity contribution in [1.29, 1.82) is 0 Å². The van der Waals surface area contributed by atoms with Crippen molar-refractivity contribution in [1.82, 2.24) is 14.5 Å². The molecule has 2 N–H and O–H groups in total. The Bertz CT molecular complexity index is 609. The van der Waals surface area contributed by atoms with Gasteiger partial charge in [0.25, 0.3) is 0 Å². The van der Waals surface area contributed by atoms with Crippen LogP contribution in [-0.2, 0) is 6.54 Å². The van der Waals surface area contributed by atoms with E-state index < -0.39 is 0 Å². The number of nitrogens with zero attached hydrogens (tertiary/aromatic N) is 3. The number of pyridine rings is 1. The van der Waals surface area contributed by atoms with Gasteiger partial charge in [-0.15, -0.1) is 0 Å².